The largest absolute Gasteiger partial charge is 0.346 e. The van der Waals surface area contributed by atoms with Gasteiger partial charge in [-0.15, -0.1) is 0 Å². The SMILES string of the molecule is CCC1(c2ccccc2)N(C)c2ccc([N+](=O)[O-])cc2N1C. The lowest BCUT2D eigenvalue weighted by atomic mass is 9.94. The van der Waals surface area contributed by atoms with Crippen LogP contribution in [0, 0.1) is 10.1 Å². The van der Waals surface area contributed by atoms with Crippen molar-refractivity contribution in [3.63, 3.8) is 0 Å². The van der Waals surface area contributed by atoms with Gasteiger partial charge < -0.3 is 9.80 Å². The van der Waals surface area contributed by atoms with Gasteiger partial charge in [-0.25, -0.2) is 0 Å². The molecule has 22 heavy (non-hydrogen) atoms. The summed E-state index contributed by atoms with van der Waals surface area (Å²) < 4.78 is 0. The normalized spacial score (nSPS) is 20.1. The number of rotatable bonds is 3. The molecule has 1 aliphatic rings. The van der Waals surface area contributed by atoms with Gasteiger partial charge in [-0.2, -0.15) is 0 Å². The Morgan fingerprint density at radius 1 is 1.05 bits per heavy atom. The van der Waals surface area contributed by atoms with Crippen LogP contribution >= 0.6 is 0 Å². The van der Waals surface area contributed by atoms with Crippen LogP contribution in [0.25, 0.3) is 0 Å². The van der Waals surface area contributed by atoms with Gasteiger partial charge in [0, 0.05) is 26.2 Å². The van der Waals surface area contributed by atoms with Crippen molar-refractivity contribution < 1.29 is 4.92 Å². The van der Waals surface area contributed by atoms with Gasteiger partial charge in [-0.3, -0.25) is 10.1 Å². The van der Waals surface area contributed by atoms with Crippen molar-refractivity contribution in [3.05, 3.63) is 64.2 Å². The summed E-state index contributed by atoms with van der Waals surface area (Å²) in [5.41, 5.74) is 2.89. The minimum atomic E-state index is -0.345. The van der Waals surface area contributed by atoms with E-state index in [1.165, 1.54) is 5.56 Å². The molecule has 2 aromatic carbocycles. The number of nitro benzene ring substituents is 1. The van der Waals surface area contributed by atoms with Crippen LogP contribution in [0.3, 0.4) is 0 Å². The fraction of sp³-hybridized carbons (Fsp3) is 0.294. The molecule has 1 unspecified atom stereocenters. The van der Waals surface area contributed by atoms with E-state index in [1.54, 1.807) is 12.1 Å². The Balaban J connectivity index is 2.18. The zero-order chi connectivity index (χ0) is 15.9. The van der Waals surface area contributed by atoms with E-state index in [0.717, 1.165) is 17.8 Å². The summed E-state index contributed by atoms with van der Waals surface area (Å²) in [5.74, 6) is 0. The number of hydrogen-bond acceptors (Lipinski definition) is 4. The monoisotopic (exact) mass is 297 g/mol. The van der Waals surface area contributed by atoms with Crippen molar-refractivity contribution in [2.45, 2.75) is 19.0 Å². The van der Waals surface area contributed by atoms with Crippen molar-refractivity contribution in [1.82, 2.24) is 0 Å². The Labute approximate surface area is 129 Å². The molecule has 0 N–H and O–H groups in total. The van der Waals surface area contributed by atoms with Crippen molar-refractivity contribution in [2.75, 3.05) is 23.9 Å². The molecule has 0 aliphatic carbocycles. The van der Waals surface area contributed by atoms with Gasteiger partial charge >= 0.3 is 0 Å². The van der Waals surface area contributed by atoms with Crippen molar-refractivity contribution in [3.8, 4) is 0 Å². The minimum absolute atomic E-state index is 0.124. The second kappa shape index (κ2) is 5.02. The average Bonchev–Trinajstić information content (AvgIpc) is 2.76. The van der Waals surface area contributed by atoms with Gasteiger partial charge in [0.1, 0.15) is 5.66 Å². The number of anilines is 2. The first kappa shape index (κ1) is 14.4. The zero-order valence-corrected chi connectivity index (χ0v) is 13.0. The van der Waals surface area contributed by atoms with Gasteiger partial charge in [0.15, 0.2) is 0 Å². The molecule has 0 bridgehead atoms. The second-order valence-corrected chi connectivity index (χ2v) is 5.58. The first-order chi connectivity index (χ1) is 10.5. The molecule has 1 atom stereocenters. The van der Waals surface area contributed by atoms with Crippen LogP contribution in [0.15, 0.2) is 48.5 Å². The van der Waals surface area contributed by atoms with Crippen LogP contribution < -0.4 is 9.80 Å². The van der Waals surface area contributed by atoms with Gasteiger partial charge in [0.05, 0.1) is 16.3 Å². The predicted molar refractivity (Wildman–Crippen MR) is 88.3 cm³/mol. The van der Waals surface area contributed by atoms with E-state index in [-0.39, 0.29) is 16.3 Å². The van der Waals surface area contributed by atoms with Crippen LogP contribution in [0.5, 0.6) is 0 Å². The first-order valence-electron chi connectivity index (χ1n) is 7.34. The van der Waals surface area contributed by atoms with E-state index in [0.29, 0.717) is 0 Å². The topological polar surface area (TPSA) is 49.6 Å². The summed E-state index contributed by atoms with van der Waals surface area (Å²) in [5, 5.41) is 11.1. The lowest BCUT2D eigenvalue weighted by Gasteiger charge is -2.43. The van der Waals surface area contributed by atoms with E-state index < -0.39 is 0 Å². The lowest BCUT2D eigenvalue weighted by Crippen LogP contribution is -2.51. The average molecular weight is 297 g/mol. The number of hydrogen-bond donors (Lipinski definition) is 0. The lowest BCUT2D eigenvalue weighted by molar-refractivity contribution is -0.384. The van der Waals surface area contributed by atoms with E-state index in [4.69, 9.17) is 0 Å². The molecular weight excluding hydrogens is 278 g/mol. The number of non-ortho nitro benzene ring substituents is 1. The molecule has 5 nitrogen and oxygen atoms in total. The molecule has 1 heterocycles. The van der Waals surface area contributed by atoms with Gasteiger partial charge in [-0.1, -0.05) is 37.3 Å². The molecular formula is C17H19N3O2. The molecule has 0 spiro atoms. The summed E-state index contributed by atoms with van der Waals surface area (Å²) in [4.78, 5) is 15.1. The van der Waals surface area contributed by atoms with Crippen LogP contribution in [-0.4, -0.2) is 19.0 Å². The molecule has 2 aromatic rings. The van der Waals surface area contributed by atoms with Gasteiger partial charge in [0.2, 0.25) is 0 Å². The Morgan fingerprint density at radius 3 is 2.27 bits per heavy atom. The smallest absolute Gasteiger partial charge is 0.271 e. The fourth-order valence-electron chi connectivity index (χ4n) is 3.57. The van der Waals surface area contributed by atoms with E-state index in [2.05, 4.69) is 28.9 Å². The highest BCUT2D eigenvalue weighted by molar-refractivity contribution is 5.81. The molecule has 0 saturated carbocycles. The highest BCUT2D eigenvalue weighted by atomic mass is 16.6. The van der Waals surface area contributed by atoms with Crippen molar-refractivity contribution in [1.29, 1.82) is 0 Å². The maximum atomic E-state index is 11.1. The zero-order valence-electron chi connectivity index (χ0n) is 13.0. The Morgan fingerprint density at radius 2 is 1.68 bits per heavy atom. The van der Waals surface area contributed by atoms with E-state index in [9.17, 15) is 10.1 Å². The third-order valence-electron chi connectivity index (χ3n) is 4.73. The molecule has 0 radical (unpaired) electrons. The maximum absolute atomic E-state index is 11.1. The highest BCUT2D eigenvalue weighted by Gasteiger charge is 2.46. The standard InChI is InChI=1S/C17H19N3O2/c1-4-17(13-8-6-5-7-9-13)18(2)15-11-10-14(20(21)22)12-16(15)19(17)3/h5-12H,4H2,1-3H3. The van der Waals surface area contributed by atoms with Crippen molar-refractivity contribution in [2.24, 2.45) is 0 Å². The number of benzene rings is 2. The number of nitrogens with zero attached hydrogens (tertiary/aromatic N) is 3. The van der Waals surface area contributed by atoms with Gasteiger partial charge in [0.25, 0.3) is 5.69 Å². The molecule has 3 rings (SSSR count). The van der Waals surface area contributed by atoms with Crippen LogP contribution in [-0.2, 0) is 5.66 Å². The summed E-state index contributed by atoms with van der Waals surface area (Å²) in [6, 6.07) is 15.3. The third kappa shape index (κ3) is 1.78. The Hall–Kier alpha value is -2.56. The quantitative estimate of drug-likeness (QED) is 0.639. The predicted octanol–water partition coefficient (Wildman–Crippen LogP) is 3.74. The summed E-state index contributed by atoms with van der Waals surface area (Å²) in [6.45, 7) is 2.14. The fourth-order valence-corrected chi connectivity index (χ4v) is 3.57. The van der Waals surface area contributed by atoms with E-state index in [1.807, 2.05) is 38.4 Å². The summed E-state index contributed by atoms with van der Waals surface area (Å²) in [6.07, 6.45) is 0.868. The number of fused-ring (bicyclic) bond motifs is 1. The van der Waals surface area contributed by atoms with Crippen LogP contribution in [0.4, 0.5) is 17.1 Å². The maximum Gasteiger partial charge on any atom is 0.271 e. The summed E-state index contributed by atoms with van der Waals surface area (Å²) in [7, 11) is 4.05. The highest BCUT2D eigenvalue weighted by Crippen LogP contribution is 2.50. The Bertz CT molecular complexity index is 717. The minimum Gasteiger partial charge on any atom is -0.346 e. The molecule has 0 fully saturated rings. The van der Waals surface area contributed by atoms with E-state index >= 15 is 0 Å². The molecule has 114 valence electrons. The van der Waals surface area contributed by atoms with Crippen LogP contribution in [0.2, 0.25) is 0 Å². The number of nitro groups is 1. The summed E-state index contributed by atoms with van der Waals surface area (Å²) >= 11 is 0. The molecule has 1 aliphatic heterocycles. The molecule has 5 heteroatoms. The molecule has 0 aromatic heterocycles. The first-order valence-corrected chi connectivity index (χ1v) is 7.34. The van der Waals surface area contributed by atoms with Crippen LogP contribution in [0.1, 0.15) is 18.9 Å². The van der Waals surface area contributed by atoms with Gasteiger partial charge in [-0.05, 0) is 18.1 Å². The van der Waals surface area contributed by atoms with Crippen molar-refractivity contribution >= 4 is 17.1 Å². The molecule has 0 saturated heterocycles. The Kier molecular flexibility index (Phi) is 3.28. The third-order valence-corrected chi connectivity index (χ3v) is 4.73. The second-order valence-electron chi connectivity index (χ2n) is 5.58. The molecule has 0 amide bonds.